The summed E-state index contributed by atoms with van der Waals surface area (Å²) in [5.74, 6) is 3.32. The van der Waals surface area contributed by atoms with Gasteiger partial charge in [0.25, 0.3) is 0 Å². The molecule has 4 rings (SSSR count). The van der Waals surface area contributed by atoms with E-state index in [9.17, 15) is 4.39 Å². The summed E-state index contributed by atoms with van der Waals surface area (Å²) >= 11 is 5.92. The predicted octanol–water partition coefficient (Wildman–Crippen LogP) is 7.18. The van der Waals surface area contributed by atoms with Crippen molar-refractivity contribution in [2.75, 3.05) is 13.2 Å². The van der Waals surface area contributed by atoms with E-state index in [-0.39, 0.29) is 17.1 Å². The summed E-state index contributed by atoms with van der Waals surface area (Å²) in [4.78, 5) is 0. The maximum Gasteiger partial charge on any atom is 0.157 e. The van der Waals surface area contributed by atoms with Crippen molar-refractivity contribution in [3.05, 3.63) is 34.6 Å². The van der Waals surface area contributed by atoms with E-state index in [0.29, 0.717) is 0 Å². The molecule has 1 aromatic carbocycles. The molecule has 0 N–H and O–H groups in total. The molecule has 29 heavy (non-hydrogen) atoms. The lowest BCUT2D eigenvalue weighted by Gasteiger charge is -2.38. The predicted molar refractivity (Wildman–Crippen MR) is 116 cm³/mol. The Morgan fingerprint density at radius 3 is 1.97 bits per heavy atom. The molecule has 2 aliphatic carbocycles. The number of ether oxygens (including phenoxy) is 2. The zero-order valence-corrected chi connectivity index (χ0v) is 18.3. The summed E-state index contributed by atoms with van der Waals surface area (Å²) in [6.07, 6.45) is 15.9. The molecule has 2 nitrogen and oxygen atoms in total. The molecule has 1 aromatic rings. The lowest BCUT2D eigenvalue weighted by Crippen LogP contribution is -2.26. The van der Waals surface area contributed by atoms with Gasteiger partial charge in [-0.15, -0.1) is 0 Å². The van der Waals surface area contributed by atoms with Crippen LogP contribution in [-0.4, -0.2) is 19.5 Å². The second-order valence-corrected chi connectivity index (χ2v) is 10.0. The molecule has 162 valence electrons. The van der Waals surface area contributed by atoms with E-state index in [4.69, 9.17) is 21.1 Å². The molecule has 2 saturated carbocycles. The lowest BCUT2D eigenvalue weighted by molar-refractivity contribution is -0.0514. The van der Waals surface area contributed by atoms with Crippen molar-refractivity contribution in [2.24, 2.45) is 23.7 Å². The van der Waals surface area contributed by atoms with Crippen molar-refractivity contribution in [2.45, 2.75) is 83.3 Å². The second-order valence-electron chi connectivity index (χ2n) is 9.60. The number of benzene rings is 1. The molecule has 0 bridgehead atoms. The summed E-state index contributed by atoms with van der Waals surface area (Å²) in [6, 6.07) is 5.18. The molecule has 0 aromatic heterocycles. The minimum Gasteiger partial charge on any atom is -0.350 e. The monoisotopic (exact) mass is 422 g/mol. The van der Waals surface area contributed by atoms with E-state index in [1.807, 2.05) is 6.07 Å². The fourth-order valence-electron chi connectivity index (χ4n) is 5.91. The number of aryl methyl sites for hydroxylation is 1. The molecule has 3 aliphatic rings. The molecule has 1 saturated heterocycles. The Morgan fingerprint density at radius 1 is 0.793 bits per heavy atom. The Balaban J connectivity index is 1.12. The molecule has 3 fully saturated rings. The molecular weight excluding hydrogens is 387 g/mol. The quantitative estimate of drug-likeness (QED) is 0.463. The largest absolute Gasteiger partial charge is 0.350 e. The van der Waals surface area contributed by atoms with Crippen molar-refractivity contribution in [3.63, 3.8) is 0 Å². The highest BCUT2D eigenvalue weighted by atomic mass is 35.5. The number of halogens is 2. The van der Waals surface area contributed by atoms with Gasteiger partial charge in [0.15, 0.2) is 6.29 Å². The van der Waals surface area contributed by atoms with Crippen molar-refractivity contribution in [1.29, 1.82) is 0 Å². The third-order valence-corrected chi connectivity index (χ3v) is 8.07. The second kappa shape index (κ2) is 10.6. The van der Waals surface area contributed by atoms with Crippen LogP contribution in [-0.2, 0) is 15.9 Å². The zero-order valence-electron chi connectivity index (χ0n) is 17.6. The highest BCUT2D eigenvalue weighted by Gasteiger charge is 2.31. The number of rotatable bonds is 7. The highest BCUT2D eigenvalue weighted by molar-refractivity contribution is 6.30. The van der Waals surface area contributed by atoms with Crippen molar-refractivity contribution < 1.29 is 13.9 Å². The maximum atomic E-state index is 13.3. The van der Waals surface area contributed by atoms with Crippen molar-refractivity contribution in [3.8, 4) is 0 Å². The van der Waals surface area contributed by atoms with Gasteiger partial charge in [0, 0.05) is 0 Å². The van der Waals surface area contributed by atoms with Crippen LogP contribution in [0.3, 0.4) is 0 Å². The summed E-state index contributed by atoms with van der Waals surface area (Å²) < 4.78 is 24.5. The van der Waals surface area contributed by atoms with Crippen LogP contribution in [0.1, 0.15) is 76.2 Å². The molecule has 1 heterocycles. The molecular formula is C25H36ClFO2. The summed E-state index contributed by atoms with van der Waals surface area (Å²) in [7, 11) is 0. The van der Waals surface area contributed by atoms with E-state index < -0.39 is 0 Å². The Bertz CT molecular complexity index is 630. The van der Waals surface area contributed by atoms with Gasteiger partial charge in [0.1, 0.15) is 5.82 Å². The minimum absolute atomic E-state index is 0.0777. The SMILES string of the molecule is Fc1ccc(CC[C@H]2CC[C@H]([C@H]3CC[C@H](CCC4OCCO4)CC3)CC2)cc1Cl. The molecule has 0 amide bonds. The zero-order chi connectivity index (χ0) is 20.1. The van der Waals surface area contributed by atoms with Crippen LogP contribution in [0.25, 0.3) is 0 Å². The number of hydrogen-bond acceptors (Lipinski definition) is 2. The van der Waals surface area contributed by atoms with E-state index in [1.165, 1.54) is 75.8 Å². The van der Waals surface area contributed by atoms with E-state index in [2.05, 4.69) is 0 Å². The van der Waals surface area contributed by atoms with Crippen molar-refractivity contribution >= 4 is 11.6 Å². The molecule has 0 radical (unpaired) electrons. The third-order valence-electron chi connectivity index (χ3n) is 7.78. The summed E-state index contributed by atoms with van der Waals surface area (Å²) in [6.45, 7) is 1.55. The fraction of sp³-hybridized carbons (Fsp3) is 0.760. The van der Waals surface area contributed by atoms with Crippen molar-refractivity contribution in [1.82, 2.24) is 0 Å². The summed E-state index contributed by atoms with van der Waals surface area (Å²) in [5.41, 5.74) is 1.17. The Morgan fingerprint density at radius 2 is 1.38 bits per heavy atom. The first-order valence-electron chi connectivity index (χ1n) is 11.8. The maximum absolute atomic E-state index is 13.3. The van der Waals surface area contributed by atoms with Gasteiger partial charge >= 0.3 is 0 Å². The van der Waals surface area contributed by atoms with Gasteiger partial charge in [0.05, 0.1) is 18.2 Å². The lowest BCUT2D eigenvalue weighted by atomic mass is 9.68. The highest BCUT2D eigenvalue weighted by Crippen LogP contribution is 2.43. The van der Waals surface area contributed by atoms with Crippen LogP contribution in [0.5, 0.6) is 0 Å². The normalized spacial score (nSPS) is 31.2. The standard InChI is InChI=1S/C25H36ClFO2/c26-23-17-20(7-13-24(23)27)2-1-18-3-9-21(10-4-18)22-11-5-19(6-12-22)8-14-25-28-15-16-29-25/h7,13,17-19,21-22,25H,1-6,8-12,14-16H2/t18-,19-,21-,22-. The molecule has 4 heteroatoms. The molecule has 1 aliphatic heterocycles. The van der Waals surface area contributed by atoms with Gasteiger partial charge in [0.2, 0.25) is 0 Å². The fourth-order valence-corrected chi connectivity index (χ4v) is 6.11. The van der Waals surface area contributed by atoms with Gasteiger partial charge in [-0.1, -0.05) is 43.4 Å². The van der Waals surface area contributed by atoms with Crippen LogP contribution in [0, 0.1) is 29.5 Å². The molecule has 0 spiro atoms. The van der Waals surface area contributed by atoms with E-state index >= 15 is 0 Å². The van der Waals surface area contributed by atoms with Gasteiger partial charge in [-0.25, -0.2) is 4.39 Å². The first kappa shape index (κ1) is 21.6. The summed E-state index contributed by atoms with van der Waals surface area (Å²) in [5, 5.41) is 0.255. The Hall–Kier alpha value is -0.640. The molecule has 0 atom stereocenters. The topological polar surface area (TPSA) is 18.5 Å². The average molecular weight is 423 g/mol. The van der Waals surface area contributed by atoms with Crippen LogP contribution in [0.2, 0.25) is 5.02 Å². The van der Waals surface area contributed by atoms with Gasteiger partial charge < -0.3 is 9.47 Å². The van der Waals surface area contributed by atoms with Crippen LogP contribution < -0.4 is 0 Å². The third kappa shape index (κ3) is 6.18. The van der Waals surface area contributed by atoms with Gasteiger partial charge in [-0.2, -0.15) is 0 Å². The Labute approximate surface area is 180 Å². The van der Waals surface area contributed by atoms with Crippen LogP contribution >= 0.6 is 11.6 Å². The number of hydrogen-bond donors (Lipinski definition) is 0. The minimum atomic E-state index is -0.314. The van der Waals surface area contributed by atoms with Crippen LogP contribution in [0.4, 0.5) is 4.39 Å². The first-order valence-corrected chi connectivity index (χ1v) is 12.2. The molecule has 0 unspecified atom stereocenters. The van der Waals surface area contributed by atoms with E-state index in [1.54, 1.807) is 6.07 Å². The average Bonchev–Trinajstić information content (AvgIpc) is 3.28. The van der Waals surface area contributed by atoms with Gasteiger partial charge in [-0.3, -0.25) is 0 Å². The van der Waals surface area contributed by atoms with Crippen LogP contribution in [0.15, 0.2) is 18.2 Å². The van der Waals surface area contributed by atoms with E-state index in [0.717, 1.165) is 49.7 Å². The first-order chi connectivity index (χ1) is 14.2. The Kier molecular flexibility index (Phi) is 7.89. The van der Waals surface area contributed by atoms with Gasteiger partial charge in [-0.05, 0) is 92.7 Å². The smallest absolute Gasteiger partial charge is 0.157 e.